The Bertz CT molecular complexity index is 1450. The molecule has 3 aromatic heterocycles. The van der Waals surface area contributed by atoms with Gasteiger partial charge in [0.2, 0.25) is 0 Å². The predicted octanol–water partition coefficient (Wildman–Crippen LogP) is 2.09. The number of benzene rings is 1. The summed E-state index contributed by atoms with van der Waals surface area (Å²) in [6.07, 6.45) is -2.29. The van der Waals surface area contributed by atoms with Crippen LogP contribution in [0.25, 0.3) is 28.1 Å². The Balaban J connectivity index is 1.78. The van der Waals surface area contributed by atoms with Gasteiger partial charge in [-0.3, -0.25) is 9.00 Å². The van der Waals surface area contributed by atoms with E-state index in [9.17, 15) is 17.8 Å². The monoisotopic (exact) mass is 462 g/mol. The van der Waals surface area contributed by atoms with Crippen LogP contribution in [0, 0.1) is 0 Å². The van der Waals surface area contributed by atoms with Crippen LogP contribution in [0.5, 0.6) is 11.5 Å². The van der Waals surface area contributed by atoms with Gasteiger partial charge in [0.1, 0.15) is 11.5 Å². The number of hydrogen-bond acceptors (Lipinski definition) is 7. The molecule has 13 heteroatoms. The molecule has 1 aromatic carbocycles. The van der Waals surface area contributed by atoms with Crippen LogP contribution in [0.1, 0.15) is 17.4 Å². The summed E-state index contributed by atoms with van der Waals surface area (Å²) < 4.78 is 51.7. The van der Waals surface area contributed by atoms with Gasteiger partial charge in [-0.2, -0.15) is 5.10 Å². The number of ether oxygens (including phenoxy) is 2. The first-order chi connectivity index (χ1) is 15.2. The van der Waals surface area contributed by atoms with E-state index in [-0.39, 0.29) is 33.6 Å². The SMILES string of the molecule is CCS(=O)c1nn2c(C(=O)NC)ccnc2c1-c1nc2cc3c(cc2n1C)OC(F)(F)O3. The fraction of sp³-hybridized carbons (Fsp3) is 0.263. The number of nitrogens with one attached hydrogen (secondary N) is 1. The van der Waals surface area contributed by atoms with Crippen molar-refractivity contribution >= 4 is 33.4 Å². The highest BCUT2D eigenvalue weighted by molar-refractivity contribution is 7.85. The number of aromatic nitrogens is 5. The third-order valence-electron chi connectivity index (χ3n) is 5.05. The molecule has 4 aromatic rings. The van der Waals surface area contributed by atoms with Gasteiger partial charge < -0.3 is 19.4 Å². The largest absolute Gasteiger partial charge is 0.586 e. The highest BCUT2D eigenvalue weighted by Crippen LogP contribution is 2.44. The van der Waals surface area contributed by atoms with Crippen molar-refractivity contribution in [3.05, 3.63) is 30.1 Å². The summed E-state index contributed by atoms with van der Waals surface area (Å²) in [4.78, 5) is 21.2. The number of aryl methyl sites for hydroxylation is 1. The molecule has 1 amide bonds. The molecule has 32 heavy (non-hydrogen) atoms. The quantitative estimate of drug-likeness (QED) is 0.494. The van der Waals surface area contributed by atoms with E-state index in [1.165, 1.54) is 36.0 Å². The maximum Gasteiger partial charge on any atom is 0.586 e. The molecule has 0 saturated carbocycles. The summed E-state index contributed by atoms with van der Waals surface area (Å²) in [6, 6.07) is 4.24. The molecule has 1 aliphatic heterocycles. The molecule has 0 aliphatic carbocycles. The lowest BCUT2D eigenvalue weighted by molar-refractivity contribution is -0.286. The third kappa shape index (κ3) is 2.92. The standard InChI is InChI=1S/C19H16F2N6O4S/c1-4-32(29)18-14(15-23-6-5-10(17(28)22-2)27(15)25-18)16-24-9-7-12-13(8-11(9)26(16)3)31-19(20,21)30-12/h5-8H,4H2,1-3H3,(H,22,28). The summed E-state index contributed by atoms with van der Waals surface area (Å²) in [5.74, 6) is -0.0132. The van der Waals surface area contributed by atoms with Crippen molar-refractivity contribution in [3.63, 3.8) is 0 Å². The molecule has 1 atom stereocenters. The van der Waals surface area contributed by atoms with Crippen molar-refractivity contribution in [1.82, 2.24) is 29.5 Å². The van der Waals surface area contributed by atoms with Crippen LogP contribution in [0.4, 0.5) is 8.78 Å². The molecule has 0 saturated heterocycles. The topological polar surface area (TPSA) is 113 Å². The Labute approximate surface area is 181 Å². The van der Waals surface area contributed by atoms with Crippen LogP contribution < -0.4 is 14.8 Å². The van der Waals surface area contributed by atoms with Gasteiger partial charge in [0.15, 0.2) is 22.2 Å². The first-order valence-corrected chi connectivity index (χ1v) is 10.8. The lowest BCUT2D eigenvalue weighted by atomic mass is 10.3. The van der Waals surface area contributed by atoms with Gasteiger partial charge in [-0.1, -0.05) is 6.92 Å². The van der Waals surface area contributed by atoms with E-state index in [1.807, 2.05) is 0 Å². The Morgan fingerprint density at radius 3 is 2.69 bits per heavy atom. The van der Waals surface area contributed by atoms with Crippen molar-refractivity contribution in [2.75, 3.05) is 12.8 Å². The van der Waals surface area contributed by atoms with Crippen molar-refractivity contribution in [2.45, 2.75) is 18.2 Å². The maximum atomic E-state index is 13.4. The fourth-order valence-corrected chi connectivity index (χ4v) is 4.43. The molecular formula is C19H16F2N6O4S. The van der Waals surface area contributed by atoms with Gasteiger partial charge in [-0.05, 0) is 6.07 Å². The lowest BCUT2D eigenvalue weighted by Crippen LogP contribution is -2.25. The van der Waals surface area contributed by atoms with Gasteiger partial charge in [0.05, 0.1) is 27.4 Å². The third-order valence-corrected chi connectivity index (χ3v) is 6.29. The van der Waals surface area contributed by atoms with Gasteiger partial charge in [0, 0.05) is 38.2 Å². The first-order valence-electron chi connectivity index (χ1n) is 9.49. The van der Waals surface area contributed by atoms with Crippen LogP contribution in [-0.4, -0.2) is 53.4 Å². The molecule has 166 valence electrons. The van der Waals surface area contributed by atoms with Crippen LogP contribution >= 0.6 is 0 Å². The number of carbonyl (C=O) groups is 1. The summed E-state index contributed by atoms with van der Waals surface area (Å²) in [6.45, 7) is 1.74. The number of alkyl halides is 2. The first kappa shape index (κ1) is 20.3. The smallest absolute Gasteiger partial charge is 0.395 e. The van der Waals surface area contributed by atoms with Crippen molar-refractivity contribution in [2.24, 2.45) is 7.05 Å². The van der Waals surface area contributed by atoms with Gasteiger partial charge in [0.25, 0.3) is 5.91 Å². The summed E-state index contributed by atoms with van der Waals surface area (Å²) in [5, 5.41) is 7.16. The van der Waals surface area contributed by atoms with Gasteiger partial charge in [-0.25, -0.2) is 14.5 Å². The minimum atomic E-state index is -3.74. The van der Waals surface area contributed by atoms with Gasteiger partial charge in [-0.15, -0.1) is 8.78 Å². The zero-order valence-corrected chi connectivity index (χ0v) is 17.9. The molecule has 1 aliphatic rings. The molecule has 0 radical (unpaired) electrons. The van der Waals surface area contributed by atoms with Gasteiger partial charge >= 0.3 is 6.29 Å². The number of halogens is 2. The number of amides is 1. The van der Waals surface area contributed by atoms with E-state index < -0.39 is 23.0 Å². The average molecular weight is 462 g/mol. The van der Waals surface area contributed by atoms with E-state index in [1.54, 1.807) is 18.5 Å². The highest BCUT2D eigenvalue weighted by atomic mass is 32.2. The van der Waals surface area contributed by atoms with E-state index in [4.69, 9.17) is 0 Å². The number of fused-ring (bicyclic) bond motifs is 3. The second kappa shape index (κ2) is 6.95. The zero-order chi connectivity index (χ0) is 22.8. The van der Waals surface area contributed by atoms with Crippen molar-refractivity contribution in [1.29, 1.82) is 0 Å². The average Bonchev–Trinajstić information content (AvgIpc) is 3.40. The number of nitrogens with zero attached hydrogens (tertiary/aromatic N) is 5. The van der Waals surface area contributed by atoms with Crippen molar-refractivity contribution in [3.8, 4) is 22.9 Å². The number of carbonyl (C=O) groups excluding carboxylic acids is 1. The summed E-state index contributed by atoms with van der Waals surface area (Å²) in [5.41, 5.74) is 1.71. The number of hydrogen-bond donors (Lipinski definition) is 1. The molecule has 5 rings (SSSR count). The fourth-order valence-electron chi connectivity index (χ4n) is 3.58. The Morgan fingerprint density at radius 1 is 1.28 bits per heavy atom. The zero-order valence-electron chi connectivity index (χ0n) is 17.0. The van der Waals surface area contributed by atoms with Crippen LogP contribution in [0.3, 0.4) is 0 Å². The molecule has 0 spiro atoms. The minimum absolute atomic E-state index is 0.116. The second-order valence-corrected chi connectivity index (χ2v) is 8.56. The molecule has 1 unspecified atom stereocenters. The summed E-state index contributed by atoms with van der Waals surface area (Å²) >= 11 is 0. The molecule has 0 fully saturated rings. The Hall–Kier alpha value is -3.61. The molecule has 0 bridgehead atoms. The lowest BCUT2D eigenvalue weighted by Gasteiger charge is -2.05. The summed E-state index contributed by atoms with van der Waals surface area (Å²) in [7, 11) is 1.66. The number of imidazole rings is 1. The molecule has 10 nitrogen and oxygen atoms in total. The maximum absolute atomic E-state index is 13.4. The normalized spacial score (nSPS) is 15.4. The van der Waals surface area contributed by atoms with E-state index in [2.05, 4.69) is 29.9 Å². The van der Waals surface area contributed by atoms with E-state index in [0.29, 0.717) is 22.4 Å². The van der Waals surface area contributed by atoms with E-state index >= 15 is 0 Å². The molecular weight excluding hydrogens is 446 g/mol. The van der Waals surface area contributed by atoms with Crippen molar-refractivity contribution < 1.29 is 27.3 Å². The van der Waals surface area contributed by atoms with Crippen LogP contribution in [-0.2, 0) is 17.8 Å². The Kier molecular flexibility index (Phi) is 4.41. The predicted molar refractivity (Wildman–Crippen MR) is 109 cm³/mol. The molecule has 4 heterocycles. The van der Waals surface area contributed by atoms with Crippen LogP contribution in [0.2, 0.25) is 0 Å². The minimum Gasteiger partial charge on any atom is -0.395 e. The van der Waals surface area contributed by atoms with Crippen LogP contribution in [0.15, 0.2) is 29.4 Å². The number of rotatable bonds is 4. The van der Waals surface area contributed by atoms with E-state index in [0.717, 1.165) is 0 Å². The highest BCUT2D eigenvalue weighted by Gasteiger charge is 2.44. The Morgan fingerprint density at radius 2 is 2.00 bits per heavy atom. The molecule has 1 N–H and O–H groups in total. The second-order valence-electron chi connectivity index (χ2n) is 6.91.